The van der Waals surface area contributed by atoms with Crippen LogP contribution in [0.5, 0.6) is 5.75 Å². The second-order valence-corrected chi connectivity index (χ2v) is 8.03. The molecule has 0 aliphatic carbocycles. The van der Waals surface area contributed by atoms with Gasteiger partial charge in [-0.25, -0.2) is 14.2 Å². The zero-order chi connectivity index (χ0) is 22.5. The van der Waals surface area contributed by atoms with Crippen LogP contribution < -0.4 is 9.64 Å². The molecule has 1 fully saturated rings. The zero-order valence-corrected chi connectivity index (χ0v) is 18.1. The van der Waals surface area contributed by atoms with Crippen LogP contribution in [0.4, 0.5) is 10.2 Å². The minimum atomic E-state index is -0.961. The highest BCUT2D eigenvalue weighted by atomic mass is 35.5. The van der Waals surface area contributed by atoms with Crippen molar-refractivity contribution in [1.29, 1.82) is 0 Å². The predicted octanol–water partition coefficient (Wildman–Crippen LogP) is 4.47. The molecule has 0 unspecified atom stereocenters. The number of hydrogen-bond donors (Lipinski definition) is 1. The fourth-order valence-electron chi connectivity index (χ4n) is 3.74. The van der Waals surface area contributed by atoms with Gasteiger partial charge < -0.3 is 14.7 Å². The topological polar surface area (TPSA) is 65.9 Å². The number of piperazine rings is 1. The van der Waals surface area contributed by atoms with E-state index in [1.165, 1.54) is 17.7 Å². The first-order valence-corrected chi connectivity index (χ1v) is 10.7. The van der Waals surface area contributed by atoms with E-state index in [9.17, 15) is 14.3 Å². The Balaban J connectivity index is 1.33. The Labute approximate surface area is 190 Å². The van der Waals surface area contributed by atoms with Gasteiger partial charge in [0.25, 0.3) is 0 Å². The molecular weight excluding hydrogens is 433 g/mol. The minimum Gasteiger partial charge on any atom is -0.489 e. The molecule has 0 bridgehead atoms. The number of pyridine rings is 1. The standard InChI is InChI=1S/C24H23ClFN3O3/c25-21-14-19(6-7-22(21)26)32-16-18-4-1-3-17(13-18)15-28-9-11-29(12-10-28)23-20(24(30)31)5-2-8-27-23/h1-8,13-14H,9-12,15-16H2,(H,30,31). The summed E-state index contributed by atoms with van der Waals surface area (Å²) in [6.45, 7) is 4.20. The summed E-state index contributed by atoms with van der Waals surface area (Å²) in [5, 5.41) is 9.44. The van der Waals surface area contributed by atoms with Crippen LogP contribution in [-0.4, -0.2) is 47.1 Å². The lowest BCUT2D eigenvalue weighted by Crippen LogP contribution is -2.46. The van der Waals surface area contributed by atoms with Crippen molar-refractivity contribution in [1.82, 2.24) is 9.88 Å². The van der Waals surface area contributed by atoms with Gasteiger partial charge in [-0.05, 0) is 35.4 Å². The van der Waals surface area contributed by atoms with E-state index in [-0.39, 0.29) is 10.6 Å². The van der Waals surface area contributed by atoms with Crippen molar-refractivity contribution >= 4 is 23.4 Å². The SMILES string of the molecule is O=C(O)c1cccnc1N1CCN(Cc2cccc(COc3ccc(F)c(Cl)c3)c2)CC1. The maximum Gasteiger partial charge on any atom is 0.339 e. The van der Waals surface area contributed by atoms with E-state index in [2.05, 4.69) is 22.0 Å². The maximum absolute atomic E-state index is 13.3. The Bertz CT molecular complexity index is 1100. The van der Waals surface area contributed by atoms with E-state index in [4.69, 9.17) is 16.3 Å². The molecule has 0 saturated carbocycles. The molecule has 32 heavy (non-hydrogen) atoms. The Morgan fingerprint density at radius 3 is 2.59 bits per heavy atom. The predicted molar refractivity (Wildman–Crippen MR) is 121 cm³/mol. The molecule has 1 aromatic heterocycles. The van der Waals surface area contributed by atoms with Crippen LogP contribution in [0.2, 0.25) is 5.02 Å². The number of anilines is 1. The van der Waals surface area contributed by atoms with Crippen molar-refractivity contribution in [3.63, 3.8) is 0 Å². The summed E-state index contributed by atoms with van der Waals surface area (Å²) in [4.78, 5) is 20.1. The highest BCUT2D eigenvalue weighted by molar-refractivity contribution is 6.30. The second-order valence-electron chi connectivity index (χ2n) is 7.63. The van der Waals surface area contributed by atoms with Gasteiger partial charge in [0.2, 0.25) is 0 Å². The first-order valence-electron chi connectivity index (χ1n) is 10.3. The molecule has 6 nitrogen and oxygen atoms in total. The van der Waals surface area contributed by atoms with Crippen LogP contribution in [0.1, 0.15) is 21.5 Å². The number of ether oxygens (including phenoxy) is 1. The largest absolute Gasteiger partial charge is 0.489 e. The maximum atomic E-state index is 13.3. The molecule has 2 aromatic carbocycles. The number of aromatic carboxylic acids is 1. The van der Waals surface area contributed by atoms with E-state index in [1.54, 1.807) is 24.4 Å². The highest BCUT2D eigenvalue weighted by Crippen LogP contribution is 2.23. The van der Waals surface area contributed by atoms with Crippen molar-refractivity contribution < 1.29 is 19.0 Å². The number of hydrogen-bond acceptors (Lipinski definition) is 5. The fourth-order valence-corrected chi connectivity index (χ4v) is 3.91. The van der Waals surface area contributed by atoms with Crippen LogP contribution in [0.15, 0.2) is 60.8 Å². The lowest BCUT2D eigenvalue weighted by Gasteiger charge is -2.35. The number of aromatic nitrogens is 1. The number of nitrogens with zero attached hydrogens (tertiary/aromatic N) is 3. The van der Waals surface area contributed by atoms with E-state index < -0.39 is 11.8 Å². The highest BCUT2D eigenvalue weighted by Gasteiger charge is 2.22. The number of carbonyl (C=O) groups is 1. The Kier molecular flexibility index (Phi) is 6.87. The Morgan fingerprint density at radius 2 is 1.84 bits per heavy atom. The van der Waals surface area contributed by atoms with Gasteiger partial charge in [-0.2, -0.15) is 0 Å². The molecule has 3 aromatic rings. The molecule has 1 aliphatic heterocycles. The Morgan fingerprint density at radius 1 is 1.06 bits per heavy atom. The number of benzene rings is 2. The van der Waals surface area contributed by atoms with E-state index in [0.29, 0.717) is 31.3 Å². The zero-order valence-electron chi connectivity index (χ0n) is 17.4. The van der Waals surface area contributed by atoms with Gasteiger partial charge in [-0.1, -0.05) is 35.9 Å². The molecule has 1 N–H and O–H groups in total. The summed E-state index contributed by atoms with van der Waals surface area (Å²) in [6.07, 6.45) is 1.63. The number of carboxylic acids is 1. The van der Waals surface area contributed by atoms with Gasteiger partial charge >= 0.3 is 5.97 Å². The molecule has 1 aliphatic rings. The molecule has 166 valence electrons. The number of halogens is 2. The molecule has 0 amide bonds. The minimum absolute atomic E-state index is 0.0385. The van der Waals surface area contributed by atoms with Gasteiger partial charge in [-0.3, -0.25) is 4.90 Å². The quantitative estimate of drug-likeness (QED) is 0.567. The summed E-state index contributed by atoms with van der Waals surface area (Å²) in [5.41, 5.74) is 2.41. The van der Waals surface area contributed by atoms with Crippen LogP contribution >= 0.6 is 11.6 Å². The summed E-state index contributed by atoms with van der Waals surface area (Å²) >= 11 is 5.81. The van der Waals surface area contributed by atoms with Crippen LogP contribution in [0.25, 0.3) is 0 Å². The smallest absolute Gasteiger partial charge is 0.339 e. The van der Waals surface area contributed by atoms with Crippen molar-refractivity contribution in [2.24, 2.45) is 0 Å². The summed E-state index contributed by atoms with van der Waals surface area (Å²) in [5.74, 6) is -0.381. The first-order chi connectivity index (χ1) is 15.5. The lowest BCUT2D eigenvalue weighted by atomic mass is 10.1. The summed E-state index contributed by atoms with van der Waals surface area (Å²) < 4.78 is 19.0. The third kappa shape index (κ3) is 5.36. The molecule has 0 spiro atoms. The van der Waals surface area contributed by atoms with Gasteiger partial charge in [0.1, 0.15) is 29.6 Å². The van der Waals surface area contributed by atoms with Crippen molar-refractivity contribution in [3.05, 3.63) is 88.3 Å². The van der Waals surface area contributed by atoms with E-state index in [1.807, 2.05) is 17.0 Å². The van der Waals surface area contributed by atoms with Gasteiger partial charge in [0.15, 0.2) is 0 Å². The molecule has 1 saturated heterocycles. The van der Waals surface area contributed by atoms with Gasteiger partial charge in [0, 0.05) is 45.0 Å². The average Bonchev–Trinajstić information content (AvgIpc) is 2.80. The monoisotopic (exact) mass is 455 g/mol. The van der Waals surface area contributed by atoms with Crippen molar-refractivity contribution in [3.8, 4) is 5.75 Å². The molecule has 2 heterocycles. The Hall–Kier alpha value is -3.16. The molecular formula is C24H23ClFN3O3. The molecule has 0 radical (unpaired) electrons. The van der Waals surface area contributed by atoms with E-state index >= 15 is 0 Å². The number of rotatable bonds is 7. The molecule has 4 rings (SSSR count). The van der Waals surface area contributed by atoms with Crippen molar-refractivity contribution in [2.75, 3.05) is 31.1 Å². The van der Waals surface area contributed by atoms with Gasteiger partial charge in [0.05, 0.1) is 5.02 Å². The van der Waals surface area contributed by atoms with Crippen molar-refractivity contribution in [2.45, 2.75) is 13.2 Å². The fraction of sp³-hybridized carbons (Fsp3) is 0.250. The third-order valence-corrected chi connectivity index (χ3v) is 5.67. The summed E-state index contributed by atoms with van der Waals surface area (Å²) in [6, 6.07) is 15.7. The normalized spacial score (nSPS) is 14.4. The molecule has 0 atom stereocenters. The van der Waals surface area contributed by atoms with Crippen LogP contribution in [0.3, 0.4) is 0 Å². The number of carboxylic acid groups (broad SMARTS) is 1. The molecule has 8 heteroatoms. The van der Waals surface area contributed by atoms with E-state index in [0.717, 1.165) is 25.2 Å². The second kappa shape index (κ2) is 9.97. The summed E-state index contributed by atoms with van der Waals surface area (Å²) in [7, 11) is 0. The lowest BCUT2D eigenvalue weighted by molar-refractivity contribution is 0.0697. The average molecular weight is 456 g/mol. The van der Waals surface area contributed by atoms with Crippen LogP contribution in [-0.2, 0) is 13.2 Å². The van der Waals surface area contributed by atoms with Crippen LogP contribution in [0, 0.1) is 5.82 Å². The first kappa shape index (κ1) is 22.0. The third-order valence-electron chi connectivity index (χ3n) is 5.38. The van der Waals surface area contributed by atoms with Gasteiger partial charge in [-0.15, -0.1) is 0 Å².